The summed E-state index contributed by atoms with van der Waals surface area (Å²) >= 11 is 0. The summed E-state index contributed by atoms with van der Waals surface area (Å²) in [6, 6.07) is 3.73. The van der Waals surface area contributed by atoms with Gasteiger partial charge in [0.2, 0.25) is 0 Å². The monoisotopic (exact) mass is 189 g/mol. The van der Waals surface area contributed by atoms with Crippen LogP contribution in [0.15, 0.2) is 18.3 Å². The Morgan fingerprint density at radius 2 is 2.29 bits per heavy atom. The molecule has 0 bridgehead atoms. The third kappa shape index (κ3) is 1.35. The number of rotatable bonds is 2. The minimum atomic E-state index is 0.0345. The Kier molecular flexibility index (Phi) is 1.96. The molecule has 0 fully saturated rings. The number of carbonyl (C=O) groups excluding carboxylic acids is 1. The highest BCUT2D eigenvalue weighted by molar-refractivity contribution is 5.98. The third-order valence-electron chi connectivity index (χ3n) is 2.14. The molecule has 2 aromatic heterocycles. The van der Waals surface area contributed by atoms with Crippen molar-refractivity contribution >= 4 is 22.5 Å². The lowest BCUT2D eigenvalue weighted by molar-refractivity contribution is 0.101. The van der Waals surface area contributed by atoms with Crippen molar-refractivity contribution in [3.05, 3.63) is 24.0 Å². The van der Waals surface area contributed by atoms with Crippen molar-refractivity contribution in [2.24, 2.45) is 0 Å². The number of Topliss-reactive ketones (excluding diaryl/α,β-unsaturated/α-hetero) is 1. The van der Waals surface area contributed by atoms with E-state index in [0.717, 1.165) is 16.7 Å². The SMILES string of the molecule is CNc1cc2cc(C(C)=O)[nH]c2cn1. The lowest BCUT2D eigenvalue weighted by Crippen LogP contribution is -1.90. The number of H-pyrrole nitrogens is 1. The maximum atomic E-state index is 11.1. The van der Waals surface area contributed by atoms with Crippen LogP contribution in [0, 0.1) is 0 Å². The number of aromatic amines is 1. The molecule has 4 nitrogen and oxygen atoms in total. The second-order valence-corrected chi connectivity index (χ2v) is 3.15. The summed E-state index contributed by atoms with van der Waals surface area (Å²) in [4.78, 5) is 18.3. The van der Waals surface area contributed by atoms with E-state index in [-0.39, 0.29) is 5.78 Å². The molecule has 0 unspecified atom stereocenters. The third-order valence-corrected chi connectivity index (χ3v) is 2.14. The number of aromatic nitrogens is 2. The predicted molar refractivity (Wildman–Crippen MR) is 55.6 cm³/mol. The molecule has 0 saturated carbocycles. The number of anilines is 1. The second-order valence-electron chi connectivity index (χ2n) is 3.15. The summed E-state index contributed by atoms with van der Waals surface area (Å²) in [5.74, 6) is 0.832. The van der Waals surface area contributed by atoms with Crippen molar-refractivity contribution in [1.82, 2.24) is 9.97 Å². The van der Waals surface area contributed by atoms with Crippen LogP contribution in [0.4, 0.5) is 5.82 Å². The van der Waals surface area contributed by atoms with Crippen LogP contribution in [-0.2, 0) is 0 Å². The largest absolute Gasteiger partial charge is 0.373 e. The zero-order valence-electron chi connectivity index (χ0n) is 8.09. The van der Waals surface area contributed by atoms with E-state index < -0.39 is 0 Å². The minimum absolute atomic E-state index is 0.0345. The molecule has 0 aliphatic rings. The van der Waals surface area contributed by atoms with Crippen molar-refractivity contribution in [2.45, 2.75) is 6.92 Å². The molecule has 0 amide bonds. The molecule has 14 heavy (non-hydrogen) atoms. The Morgan fingerprint density at radius 3 is 2.93 bits per heavy atom. The fraction of sp³-hybridized carbons (Fsp3) is 0.200. The molecule has 2 rings (SSSR count). The molecule has 72 valence electrons. The van der Waals surface area contributed by atoms with Crippen molar-refractivity contribution in [2.75, 3.05) is 12.4 Å². The molecule has 0 saturated heterocycles. The summed E-state index contributed by atoms with van der Waals surface area (Å²) in [5.41, 5.74) is 1.50. The molecule has 0 aromatic carbocycles. The van der Waals surface area contributed by atoms with E-state index >= 15 is 0 Å². The van der Waals surface area contributed by atoms with Gasteiger partial charge in [0.25, 0.3) is 0 Å². The van der Waals surface area contributed by atoms with Gasteiger partial charge in [0, 0.05) is 19.4 Å². The van der Waals surface area contributed by atoms with Crippen molar-refractivity contribution < 1.29 is 4.79 Å². The molecule has 2 aromatic rings. The zero-order chi connectivity index (χ0) is 10.1. The fourth-order valence-electron chi connectivity index (χ4n) is 1.36. The fourth-order valence-corrected chi connectivity index (χ4v) is 1.36. The molecule has 4 heteroatoms. The highest BCUT2D eigenvalue weighted by atomic mass is 16.1. The standard InChI is InChI=1S/C10H11N3O/c1-6(14)8-3-7-4-10(11-2)12-5-9(7)13-8/h3-5,13H,1-2H3,(H,11,12). The summed E-state index contributed by atoms with van der Waals surface area (Å²) in [7, 11) is 1.81. The topological polar surface area (TPSA) is 57.8 Å². The first-order valence-corrected chi connectivity index (χ1v) is 4.38. The van der Waals surface area contributed by atoms with E-state index in [1.807, 2.05) is 19.2 Å². The van der Waals surface area contributed by atoms with Crippen LogP contribution in [0.3, 0.4) is 0 Å². The van der Waals surface area contributed by atoms with Crippen LogP contribution >= 0.6 is 0 Å². The van der Waals surface area contributed by atoms with Gasteiger partial charge in [-0.3, -0.25) is 4.79 Å². The van der Waals surface area contributed by atoms with Crippen LogP contribution in [0.25, 0.3) is 10.9 Å². The van der Waals surface area contributed by atoms with Crippen LogP contribution in [0.1, 0.15) is 17.4 Å². The molecule has 0 aliphatic carbocycles. The van der Waals surface area contributed by atoms with Crippen molar-refractivity contribution in [3.8, 4) is 0 Å². The van der Waals surface area contributed by atoms with Gasteiger partial charge in [-0.2, -0.15) is 0 Å². The van der Waals surface area contributed by atoms with Crippen LogP contribution < -0.4 is 5.32 Å². The number of hydrogen-bond acceptors (Lipinski definition) is 3. The van der Waals surface area contributed by atoms with E-state index in [2.05, 4.69) is 15.3 Å². The smallest absolute Gasteiger partial charge is 0.175 e. The molecule has 0 radical (unpaired) electrons. The van der Waals surface area contributed by atoms with E-state index in [0.29, 0.717) is 5.69 Å². The van der Waals surface area contributed by atoms with Crippen LogP contribution in [0.2, 0.25) is 0 Å². The Balaban J connectivity index is 2.60. The quantitative estimate of drug-likeness (QED) is 0.708. The lowest BCUT2D eigenvalue weighted by Gasteiger charge is -1.96. The molecule has 0 atom stereocenters. The number of ketones is 1. The van der Waals surface area contributed by atoms with Gasteiger partial charge in [0.1, 0.15) is 5.82 Å². The van der Waals surface area contributed by atoms with E-state index in [4.69, 9.17) is 0 Å². The van der Waals surface area contributed by atoms with E-state index in [1.54, 1.807) is 6.20 Å². The number of nitrogens with zero attached hydrogens (tertiary/aromatic N) is 1. The maximum Gasteiger partial charge on any atom is 0.175 e. The first-order valence-electron chi connectivity index (χ1n) is 4.38. The average molecular weight is 189 g/mol. The Labute approximate surface area is 81.3 Å². The molecule has 0 spiro atoms. The van der Waals surface area contributed by atoms with Crippen molar-refractivity contribution in [3.63, 3.8) is 0 Å². The normalized spacial score (nSPS) is 10.4. The summed E-state index contributed by atoms with van der Waals surface area (Å²) in [6.45, 7) is 1.54. The average Bonchev–Trinajstić information content (AvgIpc) is 2.59. The molecule has 2 heterocycles. The zero-order valence-corrected chi connectivity index (χ0v) is 8.09. The van der Waals surface area contributed by atoms with Gasteiger partial charge in [-0.05, 0) is 12.1 Å². The summed E-state index contributed by atoms with van der Waals surface area (Å²) < 4.78 is 0. The first-order chi connectivity index (χ1) is 6.70. The number of carbonyl (C=O) groups is 1. The summed E-state index contributed by atoms with van der Waals surface area (Å²) in [6.07, 6.45) is 1.72. The molecule has 0 aliphatic heterocycles. The molecular weight excluding hydrogens is 178 g/mol. The Hall–Kier alpha value is -1.84. The molecule has 2 N–H and O–H groups in total. The highest BCUT2D eigenvalue weighted by Gasteiger charge is 2.05. The number of hydrogen-bond donors (Lipinski definition) is 2. The van der Waals surface area contributed by atoms with Gasteiger partial charge in [-0.15, -0.1) is 0 Å². The number of fused-ring (bicyclic) bond motifs is 1. The first kappa shape index (κ1) is 8.74. The van der Waals surface area contributed by atoms with Gasteiger partial charge in [0.15, 0.2) is 5.78 Å². The minimum Gasteiger partial charge on any atom is -0.373 e. The van der Waals surface area contributed by atoms with Gasteiger partial charge in [-0.1, -0.05) is 0 Å². The predicted octanol–water partition coefficient (Wildman–Crippen LogP) is 1.81. The molecular formula is C10H11N3O. The van der Waals surface area contributed by atoms with Gasteiger partial charge in [-0.25, -0.2) is 4.98 Å². The van der Waals surface area contributed by atoms with E-state index in [9.17, 15) is 4.79 Å². The highest BCUT2D eigenvalue weighted by Crippen LogP contribution is 2.17. The lowest BCUT2D eigenvalue weighted by atomic mass is 10.2. The number of pyridine rings is 1. The Bertz CT molecular complexity index is 487. The van der Waals surface area contributed by atoms with Crippen LogP contribution in [0.5, 0.6) is 0 Å². The second kappa shape index (κ2) is 3.14. The van der Waals surface area contributed by atoms with Crippen LogP contribution in [-0.4, -0.2) is 22.8 Å². The summed E-state index contributed by atoms with van der Waals surface area (Å²) in [5, 5.41) is 3.94. The Morgan fingerprint density at radius 1 is 1.50 bits per heavy atom. The van der Waals surface area contributed by atoms with Gasteiger partial charge in [0.05, 0.1) is 17.4 Å². The van der Waals surface area contributed by atoms with Gasteiger partial charge >= 0.3 is 0 Å². The maximum absolute atomic E-state index is 11.1. The number of nitrogens with one attached hydrogen (secondary N) is 2. The van der Waals surface area contributed by atoms with Crippen molar-refractivity contribution in [1.29, 1.82) is 0 Å². The van der Waals surface area contributed by atoms with Gasteiger partial charge < -0.3 is 10.3 Å². The van der Waals surface area contributed by atoms with E-state index in [1.165, 1.54) is 6.92 Å².